The third-order valence-corrected chi connectivity index (χ3v) is 5.96. The van der Waals surface area contributed by atoms with Crippen molar-refractivity contribution < 1.29 is 88.4 Å². The van der Waals surface area contributed by atoms with Gasteiger partial charge >= 0.3 is 57.2 Å². The molecule has 1 aromatic rings. The van der Waals surface area contributed by atoms with Crippen LogP contribution in [-0.4, -0.2) is 61.6 Å². The molecule has 0 fully saturated rings. The van der Waals surface area contributed by atoms with Gasteiger partial charge in [0.05, 0.1) is 0 Å². The van der Waals surface area contributed by atoms with E-state index < -0.39 is 80.7 Å². The maximum Gasteiger partial charge on any atom is 0.531 e. The summed E-state index contributed by atoms with van der Waals surface area (Å²) in [4.78, 5) is 0. The van der Waals surface area contributed by atoms with Gasteiger partial charge in [-0.1, -0.05) is 41.9 Å². The summed E-state index contributed by atoms with van der Waals surface area (Å²) in [7, 11) is -7.52. The maximum atomic E-state index is 13.9. The van der Waals surface area contributed by atoms with Crippen LogP contribution in [0.4, 0.5) is 70.2 Å². The van der Waals surface area contributed by atoms with Crippen LogP contribution in [0.2, 0.25) is 0 Å². The van der Waals surface area contributed by atoms with Gasteiger partial charge in [0.15, 0.2) is 0 Å². The van der Waals surface area contributed by atoms with E-state index in [1.807, 2.05) is 0 Å². The van der Waals surface area contributed by atoms with E-state index in [2.05, 4.69) is 13.6 Å². The van der Waals surface area contributed by atoms with Gasteiger partial charge in [0.2, 0.25) is 12.2 Å². The molecule has 0 unspecified atom stereocenters. The average molecular weight is 663 g/mol. The number of phosphoric acid groups is 1. The lowest BCUT2D eigenvalue weighted by Gasteiger charge is -2.37. The second-order valence-electron chi connectivity index (χ2n) is 7.25. The Morgan fingerprint density at radius 2 is 0.950 bits per heavy atom. The summed E-state index contributed by atoms with van der Waals surface area (Å²) < 4.78 is 237. The van der Waals surface area contributed by atoms with E-state index in [9.17, 15) is 74.8 Å². The third kappa shape index (κ3) is 7.88. The van der Waals surface area contributed by atoms with E-state index in [0.717, 1.165) is 24.3 Å². The van der Waals surface area contributed by atoms with Crippen LogP contribution >= 0.6 is 19.4 Å². The Kier molecular flexibility index (Phi) is 11.7. The lowest BCUT2D eigenvalue weighted by Crippen LogP contribution is -2.57. The van der Waals surface area contributed by atoms with E-state index >= 15 is 0 Å². The Labute approximate surface area is 217 Å². The van der Waals surface area contributed by atoms with Gasteiger partial charge in [-0.3, -0.25) is 9.05 Å². The molecule has 0 saturated heterocycles. The molecular weight excluding hydrogens is 651 g/mol. The molecule has 0 bridgehead atoms. The van der Waals surface area contributed by atoms with Gasteiger partial charge < -0.3 is 4.52 Å². The van der Waals surface area contributed by atoms with Crippen molar-refractivity contribution in [2.75, 3.05) is 0 Å². The van der Waals surface area contributed by atoms with Gasteiger partial charge in [0.25, 0.3) is 0 Å². The summed E-state index contributed by atoms with van der Waals surface area (Å²) in [5, 5.41) is 0. The number of benzene rings is 1. The zero-order valence-corrected chi connectivity index (χ0v) is 20.1. The molecule has 0 atom stereocenters. The van der Waals surface area contributed by atoms with Crippen LogP contribution in [0.15, 0.2) is 35.9 Å². The number of phosphoric ester groups is 1. The number of alkyl halides is 16. The molecule has 0 saturated carbocycles. The second-order valence-corrected chi connectivity index (χ2v) is 8.97. The minimum Gasteiger partial charge on any atom is -0.402 e. The summed E-state index contributed by atoms with van der Waals surface area (Å²) in [5.74, 6) is -27.8. The average Bonchev–Trinajstić information content (AvgIpc) is 2.84. The van der Waals surface area contributed by atoms with Crippen LogP contribution in [0.3, 0.4) is 0 Å². The molecule has 1 aromatic carbocycles. The number of rotatable bonds is 15. The molecule has 1 rings (SSSR count). The van der Waals surface area contributed by atoms with E-state index in [-0.39, 0.29) is 5.54 Å². The SMILES string of the molecule is O=P(O/C(=C/Cl)c1ccccc1)(OC(C(F)(F)C(F)F)C(F)(F)C(F)F)OC(C(F)(F)C(F)F)C(F)(F)C(F)F. The molecule has 0 heterocycles. The van der Waals surface area contributed by atoms with Crippen LogP contribution < -0.4 is 0 Å². The highest BCUT2D eigenvalue weighted by molar-refractivity contribution is 7.48. The molecule has 0 aliphatic carbocycles. The van der Waals surface area contributed by atoms with Gasteiger partial charge in [0, 0.05) is 11.1 Å². The number of halogens is 17. The van der Waals surface area contributed by atoms with E-state index in [4.69, 9.17) is 11.6 Å². The van der Waals surface area contributed by atoms with Crippen LogP contribution in [0.25, 0.3) is 5.76 Å². The maximum absolute atomic E-state index is 13.9. The molecule has 0 N–H and O–H groups in total. The number of hydrogen-bond donors (Lipinski definition) is 0. The second kappa shape index (κ2) is 12.9. The predicted octanol–water partition coefficient (Wildman–Crippen LogP) is 8.72. The highest BCUT2D eigenvalue weighted by atomic mass is 35.5. The molecule has 0 aliphatic rings. The fraction of sp³-hybridized carbons (Fsp3) is 0.556. The zero-order valence-electron chi connectivity index (χ0n) is 18.4. The quantitative estimate of drug-likeness (QED) is 0.107. The Bertz CT molecular complexity index is 950. The Hall–Kier alpha value is -1.92. The van der Waals surface area contributed by atoms with Crippen molar-refractivity contribution >= 4 is 25.2 Å². The minimum absolute atomic E-state index is 0.0221. The molecule has 0 aromatic heterocycles. The molecule has 232 valence electrons. The molecule has 0 amide bonds. The smallest absolute Gasteiger partial charge is 0.402 e. The first-order valence-corrected chi connectivity index (χ1v) is 11.5. The fourth-order valence-corrected chi connectivity index (χ4v) is 4.28. The zero-order chi connectivity index (χ0) is 31.5. The molecule has 22 heteroatoms. The Balaban J connectivity index is 3.95. The largest absolute Gasteiger partial charge is 0.531 e. The van der Waals surface area contributed by atoms with Crippen molar-refractivity contribution in [1.82, 2.24) is 0 Å². The number of hydrogen-bond acceptors (Lipinski definition) is 4. The van der Waals surface area contributed by atoms with Crippen LogP contribution in [0, 0.1) is 0 Å². The highest BCUT2D eigenvalue weighted by Gasteiger charge is 2.71. The molecule has 0 radical (unpaired) electrons. The topological polar surface area (TPSA) is 44.8 Å². The first kappa shape index (κ1) is 36.1. The molecule has 0 spiro atoms. The standard InChI is InChI=1S/C18H12ClF16O4P/c19-6-8(7-4-2-1-3-5-7)37-40(36,38-9(15(28,29)11(20)21)16(30,31)12(22)23)39-10(17(32,33)13(24)25)18(34,35)14(26)27/h1-6,9-14H/b8-6+. The molecule has 4 nitrogen and oxygen atoms in total. The van der Waals surface area contributed by atoms with E-state index in [1.54, 1.807) is 0 Å². The van der Waals surface area contributed by atoms with E-state index in [1.165, 1.54) is 6.07 Å². The van der Waals surface area contributed by atoms with Crippen molar-refractivity contribution in [2.45, 2.75) is 61.6 Å². The third-order valence-electron chi connectivity index (χ3n) is 4.40. The molecular formula is C18H12ClF16O4P. The van der Waals surface area contributed by atoms with Crippen LogP contribution in [-0.2, 0) is 18.1 Å². The first-order valence-electron chi connectivity index (χ1n) is 9.64. The summed E-state index contributed by atoms with van der Waals surface area (Å²) in [5.41, 5.74) is -0.661. The first-order chi connectivity index (χ1) is 18.0. The van der Waals surface area contributed by atoms with Crippen LogP contribution in [0.1, 0.15) is 5.56 Å². The van der Waals surface area contributed by atoms with Crippen molar-refractivity contribution in [3.8, 4) is 0 Å². The van der Waals surface area contributed by atoms with Crippen molar-refractivity contribution in [1.29, 1.82) is 0 Å². The predicted molar refractivity (Wildman–Crippen MR) is 103 cm³/mol. The minimum atomic E-state index is -7.52. The van der Waals surface area contributed by atoms with Crippen molar-refractivity contribution in [3.63, 3.8) is 0 Å². The molecule has 40 heavy (non-hydrogen) atoms. The summed E-state index contributed by atoms with van der Waals surface area (Å²) in [6.07, 6.45) is -32.7. The fourth-order valence-electron chi connectivity index (χ4n) is 2.44. The van der Waals surface area contributed by atoms with Crippen LogP contribution in [0.5, 0.6) is 0 Å². The van der Waals surface area contributed by atoms with Gasteiger partial charge in [0.1, 0.15) is 5.76 Å². The Morgan fingerprint density at radius 3 is 1.20 bits per heavy atom. The monoisotopic (exact) mass is 662 g/mol. The summed E-state index contributed by atoms with van der Waals surface area (Å²) in [6, 6.07) is 4.83. The summed E-state index contributed by atoms with van der Waals surface area (Å²) in [6.45, 7) is 0. The lowest BCUT2D eigenvalue weighted by molar-refractivity contribution is -0.292. The van der Waals surface area contributed by atoms with E-state index in [0.29, 0.717) is 0 Å². The van der Waals surface area contributed by atoms with Gasteiger partial charge in [-0.2, -0.15) is 35.1 Å². The van der Waals surface area contributed by atoms with Gasteiger partial charge in [-0.15, -0.1) is 0 Å². The lowest BCUT2D eigenvalue weighted by atomic mass is 10.1. The summed E-state index contributed by atoms with van der Waals surface area (Å²) >= 11 is 5.25. The highest BCUT2D eigenvalue weighted by Crippen LogP contribution is 2.61. The molecule has 0 aliphatic heterocycles. The van der Waals surface area contributed by atoms with Crippen molar-refractivity contribution in [3.05, 3.63) is 41.4 Å². The van der Waals surface area contributed by atoms with Gasteiger partial charge in [-0.25, -0.2) is 39.7 Å². The van der Waals surface area contributed by atoms with Gasteiger partial charge in [-0.05, 0) is 0 Å². The Morgan fingerprint density at radius 1 is 0.650 bits per heavy atom. The normalized spacial score (nSPS) is 14.9. The van der Waals surface area contributed by atoms with Crippen molar-refractivity contribution in [2.24, 2.45) is 0 Å².